The van der Waals surface area contributed by atoms with Crippen LogP contribution in [0.1, 0.15) is 12.8 Å². The van der Waals surface area contributed by atoms with Crippen molar-refractivity contribution in [1.82, 2.24) is 0 Å². The first-order valence-corrected chi connectivity index (χ1v) is 5.32. The lowest BCUT2D eigenvalue weighted by molar-refractivity contribution is -0.147. The van der Waals surface area contributed by atoms with Crippen molar-refractivity contribution < 1.29 is 24.1 Å². The van der Waals surface area contributed by atoms with E-state index in [1.165, 1.54) is 0 Å². The molecule has 0 heterocycles. The van der Waals surface area contributed by atoms with E-state index in [9.17, 15) is 4.79 Å². The summed E-state index contributed by atoms with van der Waals surface area (Å²) in [6.07, 6.45) is 1.03. The maximum absolute atomic E-state index is 11.1. The fourth-order valence-corrected chi connectivity index (χ4v) is 0.973. The van der Waals surface area contributed by atoms with E-state index in [1.807, 2.05) is 0 Å². The summed E-state index contributed by atoms with van der Waals surface area (Å²) in [5.74, 6) is -0.505. The minimum absolute atomic E-state index is 0.121. The number of aliphatic hydroxyl groups excluding tert-OH is 1. The van der Waals surface area contributed by atoms with Crippen molar-refractivity contribution in [3.05, 3.63) is 0 Å². The maximum atomic E-state index is 11.1. The van der Waals surface area contributed by atoms with Crippen LogP contribution in [-0.4, -0.2) is 57.3 Å². The Morgan fingerprint density at radius 1 is 1.31 bits per heavy atom. The van der Waals surface area contributed by atoms with Gasteiger partial charge in [-0.1, -0.05) is 0 Å². The third-order valence-corrected chi connectivity index (χ3v) is 1.85. The van der Waals surface area contributed by atoms with E-state index in [0.29, 0.717) is 19.8 Å². The molecular weight excluding hydrogens is 214 g/mol. The Hall–Kier alpha value is -0.690. The highest BCUT2D eigenvalue weighted by molar-refractivity contribution is 5.75. The van der Waals surface area contributed by atoms with Crippen LogP contribution in [0.15, 0.2) is 0 Å². The molecule has 0 aliphatic heterocycles. The van der Waals surface area contributed by atoms with Crippen LogP contribution in [0.3, 0.4) is 0 Å². The number of carbonyl (C=O) groups excluding carboxylic acids is 1. The molecule has 0 saturated carbocycles. The second-order valence-electron chi connectivity index (χ2n) is 3.24. The fraction of sp³-hybridized carbons (Fsp3) is 0.900. The van der Waals surface area contributed by atoms with Crippen LogP contribution in [0.4, 0.5) is 0 Å². The summed E-state index contributed by atoms with van der Waals surface area (Å²) in [7, 11) is 1.63. The molecule has 0 bridgehead atoms. The van der Waals surface area contributed by atoms with Crippen LogP contribution in [0, 0.1) is 0 Å². The van der Waals surface area contributed by atoms with Gasteiger partial charge in [0.2, 0.25) is 0 Å². The molecule has 3 N–H and O–H groups in total. The summed E-state index contributed by atoms with van der Waals surface area (Å²) in [4.78, 5) is 11.1. The zero-order valence-electron chi connectivity index (χ0n) is 9.68. The molecule has 16 heavy (non-hydrogen) atoms. The largest absolute Gasteiger partial charge is 0.462 e. The van der Waals surface area contributed by atoms with Gasteiger partial charge in [-0.3, -0.25) is 4.79 Å². The molecule has 1 atom stereocenters. The highest BCUT2D eigenvalue weighted by Crippen LogP contribution is 1.91. The number of ether oxygens (including phenoxy) is 3. The molecule has 0 aromatic carbocycles. The molecule has 0 aromatic rings. The average molecular weight is 235 g/mol. The zero-order valence-corrected chi connectivity index (χ0v) is 9.68. The number of nitrogens with two attached hydrogens (primary N) is 1. The number of carbonyl (C=O) groups is 1. The summed E-state index contributed by atoms with van der Waals surface area (Å²) in [6, 6.07) is -0.751. The van der Waals surface area contributed by atoms with E-state index < -0.39 is 12.0 Å². The number of methoxy groups -OCH3 is 1. The number of rotatable bonds is 10. The van der Waals surface area contributed by atoms with Gasteiger partial charge in [0.1, 0.15) is 12.6 Å². The smallest absolute Gasteiger partial charge is 0.323 e. The van der Waals surface area contributed by atoms with E-state index in [4.69, 9.17) is 25.1 Å². The van der Waals surface area contributed by atoms with E-state index in [1.54, 1.807) is 7.11 Å². The zero-order chi connectivity index (χ0) is 12.2. The number of hydrogen-bond acceptors (Lipinski definition) is 6. The van der Waals surface area contributed by atoms with Gasteiger partial charge in [0, 0.05) is 26.9 Å². The van der Waals surface area contributed by atoms with Gasteiger partial charge in [0.05, 0.1) is 6.61 Å². The van der Waals surface area contributed by atoms with E-state index in [2.05, 4.69) is 0 Å². The summed E-state index contributed by atoms with van der Waals surface area (Å²) in [5.41, 5.74) is 5.42. The lowest BCUT2D eigenvalue weighted by Crippen LogP contribution is -2.33. The van der Waals surface area contributed by atoms with Crippen LogP contribution in [0.2, 0.25) is 0 Å². The van der Waals surface area contributed by atoms with Gasteiger partial charge < -0.3 is 25.1 Å². The fourth-order valence-electron chi connectivity index (χ4n) is 0.973. The highest BCUT2D eigenvalue weighted by Gasteiger charge is 2.13. The van der Waals surface area contributed by atoms with Gasteiger partial charge in [0.15, 0.2) is 0 Å². The predicted molar refractivity (Wildman–Crippen MR) is 57.9 cm³/mol. The normalized spacial score (nSPS) is 12.4. The molecule has 0 saturated heterocycles. The molecule has 0 aliphatic rings. The lowest BCUT2D eigenvalue weighted by atomic mass is 10.2. The molecule has 0 aromatic heterocycles. The first-order valence-electron chi connectivity index (χ1n) is 5.32. The first kappa shape index (κ1) is 15.3. The van der Waals surface area contributed by atoms with Crippen LogP contribution in [-0.2, 0) is 19.0 Å². The molecule has 0 spiro atoms. The van der Waals surface area contributed by atoms with Crippen molar-refractivity contribution in [2.45, 2.75) is 18.9 Å². The van der Waals surface area contributed by atoms with Crippen LogP contribution >= 0.6 is 0 Å². The quantitative estimate of drug-likeness (QED) is 0.384. The number of aliphatic hydroxyl groups is 1. The van der Waals surface area contributed by atoms with Gasteiger partial charge in [-0.15, -0.1) is 0 Å². The monoisotopic (exact) mass is 235 g/mol. The molecule has 0 fully saturated rings. The molecule has 6 nitrogen and oxygen atoms in total. The van der Waals surface area contributed by atoms with Crippen LogP contribution < -0.4 is 5.73 Å². The average Bonchev–Trinajstić information content (AvgIpc) is 2.28. The van der Waals surface area contributed by atoms with Crippen LogP contribution in [0.5, 0.6) is 0 Å². The van der Waals surface area contributed by atoms with Gasteiger partial charge in [-0.2, -0.15) is 0 Å². The number of hydrogen-bond donors (Lipinski definition) is 2. The Labute approximate surface area is 95.7 Å². The highest BCUT2D eigenvalue weighted by atomic mass is 16.6. The standard InChI is InChI=1S/C10H21NO5/c1-14-5-2-6-15-7-8-16-10(13)9(11)3-4-12/h9,12H,2-8,11H2,1H3/t9-/m0/s1. The minimum atomic E-state index is -0.751. The molecule has 96 valence electrons. The topological polar surface area (TPSA) is 91.0 Å². The Kier molecular flexibility index (Phi) is 10.3. The summed E-state index contributed by atoms with van der Waals surface area (Å²) < 4.78 is 14.8. The summed E-state index contributed by atoms with van der Waals surface area (Å²) >= 11 is 0. The van der Waals surface area contributed by atoms with E-state index >= 15 is 0 Å². The van der Waals surface area contributed by atoms with Gasteiger partial charge in [-0.05, 0) is 12.8 Å². The first-order chi connectivity index (χ1) is 7.72. The molecule has 6 heteroatoms. The predicted octanol–water partition coefficient (Wildman–Crippen LogP) is -0.708. The van der Waals surface area contributed by atoms with E-state index in [0.717, 1.165) is 6.42 Å². The Balaban J connectivity index is 3.27. The van der Waals surface area contributed by atoms with Crippen molar-refractivity contribution in [1.29, 1.82) is 0 Å². The Bertz CT molecular complexity index is 177. The van der Waals surface area contributed by atoms with E-state index in [-0.39, 0.29) is 19.6 Å². The molecule has 0 aliphatic carbocycles. The molecule has 0 unspecified atom stereocenters. The summed E-state index contributed by atoms with van der Waals surface area (Å²) in [6.45, 7) is 1.64. The Morgan fingerprint density at radius 3 is 2.69 bits per heavy atom. The molecule has 0 amide bonds. The third kappa shape index (κ3) is 8.60. The van der Waals surface area contributed by atoms with Crippen molar-refractivity contribution >= 4 is 5.97 Å². The Morgan fingerprint density at radius 2 is 2.06 bits per heavy atom. The van der Waals surface area contributed by atoms with Crippen molar-refractivity contribution in [3.63, 3.8) is 0 Å². The molecule has 0 radical (unpaired) electrons. The minimum Gasteiger partial charge on any atom is -0.462 e. The van der Waals surface area contributed by atoms with Gasteiger partial charge in [0.25, 0.3) is 0 Å². The van der Waals surface area contributed by atoms with Gasteiger partial charge >= 0.3 is 5.97 Å². The second-order valence-corrected chi connectivity index (χ2v) is 3.24. The van der Waals surface area contributed by atoms with Gasteiger partial charge in [-0.25, -0.2) is 0 Å². The van der Waals surface area contributed by atoms with Crippen molar-refractivity contribution in [3.8, 4) is 0 Å². The van der Waals surface area contributed by atoms with Crippen LogP contribution in [0.25, 0.3) is 0 Å². The third-order valence-electron chi connectivity index (χ3n) is 1.85. The SMILES string of the molecule is COCCCOCCOC(=O)[C@@H](N)CCO. The molecule has 0 rings (SSSR count). The van der Waals surface area contributed by atoms with Crippen molar-refractivity contribution in [2.24, 2.45) is 5.73 Å². The number of esters is 1. The lowest BCUT2D eigenvalue weighted by Gasteiger charge is -2.10. The summed E-state index contributed by atoms with van der Waals surface area (Å²) in [5, 5.41) is 8.55. The van der Waals surface area contributed by atoms with Crippen molar-refractivity contribution in [2.75, 3.05) is 40.1 Å². The maximum Gasteiger partial charge on any atom is 0.323 e. The molecular formula is C10H21NO5. The second kappa shape index (κ2) is 10.8.